The molecule has 0 aliphatic rings. The van der Waals surface area contributed by atoms with Crippen LogP contribution >= 0.6 is 26.7 Å². The Balaban J connectivity index is 2.14. The van der Waals surface area contributed by atoms with Crippen molar-refractivity contribution in [2.45, 2.75) is 39.0 Å². The van der Waals surface area contributed by atoms with Gasteiger partial charge in [0.05, 0.1) is 7.27 Å². The molecule has 1 nitrogen and oxygen atoms in total. The summed E-state index contributed by atoms with van der Waals surface area (Å²) in [6.45, 7) is 9.32. The first kappa shape index (κ1) is 21.5. The van der Waals surface area contributed by atoms with Crippen LogP contribution in [-0.4, -0.2) is 15.7 Å². The first-order valence-electron chi connectivity index (χ1n) is 9.79. The lowest BCUT2D eigenvalue weighted by Gasteiger charge is -2.41. The zero-order chi connectivity index (χ0) is 19.9. The van der Waals surface area contributed by atoms with Crippen LogP contribution < -0.4 is 15.9 Å². The van der Waals surface area contributed by atoms with Crippen molar-refractivity contribution in [2.24, 2.45) is 0 Å². The molecule has 0 saturated carbocycles. The van der Waals surface area contributed by atoms with Crippen molar-refractivity contribution in [3.63, 3.8) is 0 Å². The van der Waals surface area contributed by atoms with Crippen LogP contribution in [0.15, 0.2) is 91.0 Å². The molecule has 0 aliphatic heterocycles. The third-order valence-electron chi connectivity index (χ3n) is 4.14. The van der Waals surface area contributed by atoms with Gasteiger partial charge in [0.15, 0.2) is 0 Å². The summed E-state index contributed by atoms with van der Waals surface area (Å²) < 4.78 is 2.80. The van der Waals surface area contributed by atoms with E-state index in [2.05, 4.69) is 135 Å². The van der Waals surface area contributed by atoms with Gasteiger partial charge in [-0.05, 0) is 24.5 Å². The summed E-state index contributed by atoms with van der Waals surface area (Å²) in [5, 5.41) is 4.87. The van der Waals surface area contributed by atoms with E-state index in [0.717, 1.165) is 0 Å². The molecular formula is C24H29NP2S. The van der Waals surface area contributed by atoms with Gasteiger partial charge in [0, 0.05) is 24.7 Å². The van der Waals surface area contributed by atoms with Gasteiger partial charge in [-0.1, -0.05) is 105 Å². The summed E-state index contributed by atoms with van der Waals surface area (Å²) in [4.78, 5) is 0. The Morgan fingerprint density at radius 2 is 1.00 bits per heavy atom. The second kappa shape index (κ2) is 10.6. The average molecular weight is 426 g/mol. The fourth-order valence-electron chi connectivity index (χ4n) is 3.03. The molecule has 3 aromatic rings. The predicted molar refractivity (Wildman–Crippen MR) is 132 cm³/mol. The van der Waals surface area contributed by atoms with Crippen molar-refractivity contribution in [1.29, 1.82) is 0 Å². The second-order valence-corrected chi connectivity index (χ2v) is 13.9. The summed E-state index contributed by atoms with van der Waals surface area (Å²) in [6.07, 6.45) is 0. The zero-order valence-electron chi connectivity index (χ0n) is 17.1. The van der Waals surface area contributed by atoms with Gasteiger partial charge in [-0.2, -0.15) is 0 Å². The van der Waals surface area contributed by atoms with Crippen LogP contribution in [0.25, 0.3) is 0 Å². The van der Waals surface area contributed by atoms with E-state index in [0.29, 0.717) is 11.3 Å². The van der Waals surface area contributed by atoms with Gasteiger partial charge in [-0.15, -0.1) is 11.4 Å². The summed E-state index contributed by atoms with van der Waals surface area (Å²) in [7, 11) is -1.11. The smallest absolute Gasteiger partial charge is 0.0623 e. The fourth-order valence-corrected chi connectivity index (χ4v) is 12.3. The Morgan fingerprint density at radius 3 is 1.36 bits per heavy atom. The lowest BCUT2D eigenvalue weighted by Crippen LogP contribution is -2.32. The fraction of sp³-hybridized carbons (Fsp3) is 0.250. The number of benzene rings is 3. The van der Waals surface area contributed by atoms with Crippen LogP contribution in [0.4, 0.5) is 0 Å². The molecule has 0 bridgehead atoms. The molecule has 4 heteroatoms. The number of nitrogens with zero attached hydrogens (tertiary/aromatic N) is 1. The molecule has 3 aromatic carbocycles. The highest BCUT2D eigenvalue weighted by atomic mass is 32.7. The van der Waals surface area contributed by atoms with Crippen LogP contribution in [0.3, 0.4) is 0 Å². The molecule has 0 radical (unpaired) electrons. The monoisotopic (exact) mass is 425 g/mol. The molecule has 0 N–H and O–H groups in total. The zero-order valence-corrected chi connectivity index (χ0v) is 19.7. The lowest BCUT2D eigenvalue weighted by atomic mass is 10.4. The molecule has 0 heterocycles. The Kier molecular flexibility index (Phi) is 8.12. The third-order valence-corrected chi connectivity index (χ3v) is 13.2. The Morgan fingerprint density at radius 1 is 0.607 bits per heavy atom. The van der Waals surface area contributed by atoms with Crippen molar-refractivity contribution in [1.82, 2.24) is 4.44 Å². The van der Waals surface area contributed by atoms with Crippen LogP contribution in [0.2, 0.25) is 0 Å². The summed E-state index contributed by atoms with van der Waals surface area (Å²) in [5.74, 6) is 0. The van der Waals surface area contributed by atoms with E-state index < -0.39 is 15.3 Å². The Hall–Kier alpha value is -1.17. The van der Waals surface area contributed by atoms with E-state index in [1.807, 2.05) is 0 Å². The van der Waals surface area contributed by atoms with E-state index >= 15 is 0 Å². The number of hydrogen-bond acceptors (Lipinski definition) is 2. The van der Waals surface area contributed by atoms with Crippen molar-refractivity contribution in [3.05, 3.63) is 91.0 Å². The van der Waals surface area contributed by atoms with Gasteiger partial charge in [0.2, 0.25) is 0 Å². The van der Waals surface area contributed by atoms with Crippen molar-refractivity contribution in [2.75, 3.05) is 0 Å². The lowest BCUT2D eigenvalue weighted by molar-refractivity contribution is 0.586. The molecule has 1 atom stereocenters. The molecule has 0 amide bonds. The standard InChI is InChI=1S/C24H29NP2S/c1-20(2)25(27(28-21(3)4)24-18-12-7-13-19-24)26(22-14-8-5-9-15-22)23-16-10-6-11-17-23/h5-21H,1-4H3. The first-order chi connectivity index (χ1) is 13.6. The van der Waals surface area contributed by atoms with Gasteiger partial charge in [0.25, 0.3) is 0 Å². The quantitative estimate of drug-likeness (QED) is 0.378. The molecular weight excluding hydrogens is 396 g/mol. The van der Waals surface area contributed by atoms with E-state index in [1.54, 1.807) is 0 Å². The summed E-state index contributed by atoms with van der Waals surface area (Å²) in [5.41, 5.74) is 0. The van der Waals surface area contributed by atoms with Crippen LogP contribution in [0, 0.1) is 0 Å². The minimum Gasteiger partial charge on any atom is -0.237 e. The third kappa shape index (κ3) is 5.46. The molecule has 0 aliphatic carbocycles. The van der Waals surface area contributed by atoms with E-state index in [4.69, 9.17) is 0 Å². The van der Waals surface area contributed by atoms with Crippen molar-refractivity contribution < 1.29 is 0 Å². The second-order valence-electron chi connectivity index (χ2n) is 7.16. The first-order valence-corrected chi connectivity index (χ1v) is 13.9. The van der Waals surface area contributed by atoms with E-state index in [1.165, 1.54) is 15.9 Å². The van der Waals surface area contributed by atoms with Crippen LogP contribution in [0.5, 0.6) is 0 Å². The van der Waals surface area contributed by atoms with Gasteiger partial charge in [-0.25, -0.2) is 4.44 Å². The highest BCUT2D eigenvalue weighted by Gasteiger charge is 2.33. The van der Waals surface area contributed by atoms with Gasteiger partial charge < -0.3 is 0 Å². The maximum atomic E-state index is 2.80. The molecule has 28 heavy (non-hydrogen) atoms. The SMILES string of the molecule is CC(C)SP(c1ccccc1)N(C(C)C)P(c1ccccc1)c1ccccc1. The minimum absolute atomic E-state index is 0.448. The minimum atomic E-state index is -0.606. The van der Waals surface area contributed by atoms with Crippen molar-refractivity contribution in [3.8, 4) is 0 Å². The van der Waals surface area contributed by atoms with Crippen molar-refractivity contribution >= 4 is 42.6 Å². The summed E-state index contributed by atoms with van der Waals surface area (Å²) >= 11 is 2.11. The normalized spacial score (nSPS) is 12.9. The maximum Gasteiger partial charge on any atom is 0.0623 e. The number of hydrogen-bond donors (Lipinski definition) is 0. The van der Waals surface area contributed by atoms with Crippen LogP contribution in [0.1, 0.15) is 27.7 Å². The van der Waals surface area contributed by atoms with E-state index in [9.17, 15) is 0 Å². The molecule has 0 aromatic heterocycles. The van der Waals surface area contributed by atoms with Gasteiger partial charge >= 0.3 is 0 Å². The number of rotatable bonds is 8. The van der Waals surface area contributed by atoms with Crippen LogP contribution in [-0.2, 0) is 0 Å². The molecule has 0 saturated heterocycles. The Labute approximate surface area is 176 Å². The molecule has 146 valence electrons. The van der Waals surface area contributed by atoms with Gasteiger partial charge in [-0.3, -0.25) is 0 Å². The largest absolute Gasteiger partial charge is 0.237 e. The maximum absolute atomic E-state index is 2.80. The topological polar surface area (TPSA) is 3.24 Å². The molecule has 1 unspecified atom stereocenters. The highest BCUT2D eigenvalue weighted by Crippen LogP contribution is 2.64. The Bertz CT molecular complexity index is 785. The summed E-state index contributed by atoms with van der Waals surface area (Å²) in [6, 6.07) is 33.7. The molecule has 3 rings (SSSR count). The predicted octanol–water partition coefficient (Wildman–Crippen LogP) is 6.52. The van der Waals surface area contributed by atoms with Gasteiger partial charge in [0.1, 0.15) is 0 Å². The molecule has 0 spiro atoms. The molecule has 0 fully saturated rings. The highest BCUT2D eigenvalue weighted by molar-refractivity contribution is 8.58. The van der Waals surface area contributed by atoms with E-state index in [-0.39, 0.29) is 0 Å². The average Bonchev–Trinajstić information content (AvgIpc) is 2.72.